The van der Waals surface area contributed by atoms with Crippen LogP contribution >= 0.6 is 55.0 Å². The zero-order valence-electron chi connectivity index (χ0n) is 11.9. The highest BCUT2D eigenvalue weighted by molar-refractivity contribution is 9.10. The normalized spacial score (nSPS) is 12.5. The van der Waals surface area contributed by atoms with Gasteiger partial charge >= 0.3 is 0 Å². The van der Waals surface area contributed by atoms with Crippen molar-refractivity contribution in [1.29, 1.82) is 0 Å². The summed E-state index contributed by atoms with van der Waals surface area (Å²) in [4.78, 5) is 2.76. The predicted molar refractivity (Wildman–Crippen MR) is 103 cm³/mol. The lowest BCUT2D eigenvalue weighted by Crippen LogP contribution is -2.33. The summed E-state index contributed by atoms with van der Waals surface area (Å²) in [7, 11) is 0. The van der Waals surface area contributed by atoms with E-state index in [1.54, 1.807) is 0 Å². The summed E-state index contributed by atoms with van der Waals surface area (Å²) in [5.74, 6) is 1.09. The van der Waals surface area contributed by atoms with E-state index in [1.807, 2.05) is 23.1 Å². The Morgan fingerprint density at radius 1 is 1.19 bits per heavy atom. The van der Waals surface area contributed by atoms with Crippen LogP contribution in [0.25, 0.3) is 0 Å². The predicted octanol–water partition coefficient (Wildman–Crippen LogP) is 5.98. The standard InChI is InChI=1S/C16H19Br2NS2/c1-2-7-19-14(9-16-8-13(18)10-20-16)11-21-15-5-3-12(17)4-6-15/h3-6,8,10,14,19H,2,7,9,11H2,1H3. The van der Waals surface area contributed by atoms with Crippen molar-refractivity contribution in [2.45, 2.75) is 30.7 Å². The van der Waals surface area contributed by atoms with E-state index >= 15 is 0 Å². The molecule has 1 nitrogen and oxygen atoms in total. The minimum Gasteiger partial charge on any atom is -0.313 e. The van der Waals surface area contributed by atoms with Crippen molar-refractivity contribution >= 4 is 55.0 Å². The molecule has 1 unspecified atom stereocenters. The van der Waals surface area contributed by atoms with Gasteiger partial charge in [0.1, 0.15) is 0 Å². The Kier molecular flexibility index (Phi) is 7.82. The topological polar surface area (TPSA) is 12.0 Å². The second-order valence-electron chi connectivity index (χ2n) is 4.85. The van der Waals surface area contributed by atoms with E-state index < -0.39 is 0 Å². The molecule has 5 heteroatoms. The van der Waals surface area contributed by atoms with E-state index in [9.17, 15) is 0 Å². The minimum absolute atomic E-state index is 0.518. The lowest BCUT2D eigenvalue weighted by Gasteiger charge is -2.17. The maximum absolute atomic E-state index is 3.67. The van der Waals surface area contributed by atoms with Crippen LogP contribution in [0.2, 0.25) is 0 Å². The third-order valence-corrected chi connectivity index (χ3v) is 6.44. The molecule has 2 aromatic rings. The maximum atomic E-state index is 3.67. The molecule has 1 heterocycles. The summed E-state index contributed by atoms with van der Waals surface area (Å²) in [5.41, 5.74) is 0. The Morgan fingerprint density at radius 3 is 2.57 bits per heavy atom. The lowest BCUT2D eigenvalue weighted by molar-refractivity contribution is 0.553. The zero-order valence-corrected chi connectivity index (χ0v) is 16.7. The highest BCUT2D eigenvalue weighted by Crippen LogP contribution is 2.24. The van der Waals surface area contributed by atoms with E-state index in [0.29, 0.717) is 6.04 Å². The third kappa shape index (κ3) is 6.45. The monoisotopic (exact) mass is 447 g/mol. The Morgan fingerprint density at radius 2 is 1.95 bits per heavy atom. The van der Waals surface area contributed by atoms with Crippen molar-refractivity contribution < 1.29 is 0 Å². The summed E-state index contributed by atoms with van der Waals surface area (Å²) in [5, 5.41) is 5.83. The first-order valence-corrected chi connectivity index (χ1v) is 10.5. The first-order chi connectivity index (χ1) is 10.2. The zero-order chi connectivity index (χ0) is 15.1. The molecule has 0 bridgehead atoms. The number of thiophene rings is 1. The first kappa shape index (κ1) is 17.5. The molecule has 0 aliphatic heterocycles. The van der Waals surface area contributed by atoms with E-state index in [0.717, 1.165) is 23.2 Å². The molecule has 0 aliphatic carbocycles. The lowest BCUT2D eigenvalue weighted by atomic mass is 10.2. The molecule has 21 heavy (non-hydrogen) atoms. The number of hydrogen-bond acceptors (Lipinski definition) is 3. The van der Waals surface area contributed by atoms with Crippen LogP contribution in [0, 0.1) is 0 Å². The number of benzene rings is 1. The van der Waals surface area contributed by atoms with Crippen LogP contribution in [0.1, 0.15) is 18.2 Å². The molecule has 114 valence electrons. The van der Waals surface area contributed by atoms with Crippen LogP contribution in [-0.4, -0.2) is 18.3 Å². The van der Waals surface area contributed by atoms with Crippen molar-refractivity contribution in [2.24, 2.45) is 0 Å². The van der Waals surface area contributed by atoms with E-state index in [-0.39, 0.29) is 0 Å². The average Bonchev–Trinajstić information content (AvgIpc) is 2.89. The molecule has 0 spiro atoms. The molecule has 0 saturated heterocycles. The highest BCUT2D eigenvalue weighted by Gasteiger charge is 2.11. The van der Waals surface area contributed by atoms with Crippen LogP contribution in [0.3, 0.4) is 0 Å². The molecule has 0 radical (unpaired) electrons. The SMILES string of the molecule is CCCNC(CSc1ccc(Br)cc1)Cc1cc(Br)cs1. The van der Waals surface area contributed by atoms with Gasteiger partial charge in [0.2, 0.25) is 0 Å². The van der Waals surface area contributed by atoms with Gasteiger partial charge in [0.25, 0.3) is 0 Å². The quantitative estimate of drug-likeness (QED) is 0.498. The van der Waals surface area contributed by atoms with E-state index in [1.165, 1.54) is 20.7 Å². The number of halogens is 2. The Labute approximate surface area is 152 Å². The number of hydrogen-bond donors (Lipinski definition) is 1. The van der Waals surface area contributed by atoms with Crippen molar-refractivity contribution in [3.05, 3.63) is 49.5 Å². The largest absolute Gasteiger partial charge is 0.313 e. The number of rotatable bonds is 8. The van der Waals surface area contributed by atoms with Crippen molar-refractivity contribution in [1.82, 2.24) is 5.32 Å². The Balaban J connectivity index is 1.90. The molecule has 0 amide bonds. The van der Waals surface area contributed by atoms with Gasteiger partial charge in [0, 0.05) is 35.9 Å². The molecular formula is C16H19Br2NS2. The van der Waals surface area contributed by atoms with Gasteiger partial charge in [0.05, 0.1) is 0 Å². The smallest absolute Gasteiger partial charge is 0.0285 e. The van der Waals surface area contributed by atoms with Gasteiger partial charge in [-0.05, 0) is 65.6 Å². The summed E-state index contributed by atoms with van der Waals surface area (Å²) < 4.78 is 2.33. The van der Waals surface area contributed by atoms with Crippen LogP contribution < -0.4 is 5.32 Å². The van der Waals surface area contributed by atoms with Crippen LogP contribution in [0.4, 0.5) is 0 Å². The van der Waals surface area contributed by atoms with Crippen LogP contribution in [0.15, 0.2) is 49.6 Å². The molecule has 1 aromatic heterocycles. The van der Waals surface area contributed by atoms with Gasteiger partial charge in [-0.1, -0.05) is 22.9 Å². The second-order valence-corrected chi connectivity index (χ2v) is 8.77. The van der Waals surface area contributed by atoms with Crippen molar-refractivity contribution in [2.75, 3.05) is 12.3 Å². The van der Waals surface area contributed by atoms with E-state index in [2.05, 4.69) is 79.8 Å². The molecule has 0 aliphatic rings. The van der Waals surface area contributed by atoms with Gasteiger partial charge in [-0.3, -0.25) is 0 Å². The maximum Gasteiger partial charge on any atom is 0.0285 e. The molecule has 1 atom stereocenters. The van der Waals surface area contributed by atoms with Gasteiger partial charge in [-0.15, -0.1) is 23.1 Å². The fourth-order valence-corrected chi connectivity index (χ4v) is 4.72. The van der Waals surface area contributed by atoms with Crippen LogP contribution in [-0.2, 0) is 6.42 Å². The number of nitrogens with one attached hydrogen (secondary N) is 1. The fourth-order valence-electron chi connectivity index (χ4n) is 1.97. The number of thioether (sulfide) groups is 1. The average molecular weight is 449 g/mol. The summed E-state index contributed by atoms with van der Waals surface area (Å²) in [6.07, 6.45) is 2.27. The molecule has 2 rings (SSSR count). The Bertz CT molecular complexity index is 539. The van der Waals surface area contributed by atoms with Crippen molar-refractivity contribution in [3.8, 4) is 0 Å². The van der Waals surface area contributed by atoms with Gasteiger partial charge in [-0.2, -0.15) is 0 Å². The third-order valence-electron chi connectivity index (χ3n) is 3.02. The molecular weight excluding hydrogens is 430 g/mol. The first-order valence-electron chi connectivity index (χ1n) is 7.02. The molecule has 0 fully saturated rings. The fraction of sp³-hybridized carbons (Fsp3) is 0.375. The summed E-state index contributed by atoms with van der Waals surface area (Å²) >= 11 is 10.8. The molecule has 1 N–H and O–H groups in total. The molecule has 0 saturated carbocycles. The molecule has 1 aromatic carbocycles. The van der Waals surface area contributed by atoms with Crippen LogP contribution in [0.5, 0.6) is 0 Å². The van der Waals surface area contributed by atoms with Gasteiger partial charge in [-0.25, -0.2) is 0 Å². The van der Waals surface area contributed by atoms with E-state index in [4.69, 9.17) is 0 Å². The Hall–Kier alpha value is 0.190. The summed E-state index contributed by atoms with van der Waals surface area (Å²) in [6, 6.07) is 11.3. The second kappa shape index (κ2) is 9.36. The highest BCUT2D eigenvalue weighted by atomic mass is 79.9. The van der Waals surface area contributed by atoms with Gasteiger partial charge in [0.15, 0.2) is 0 Å². The summed E-state index contributed by atoms with van der Waals surface area (Å²) in [6.45, 7) is 3.30. The van der Waals surface area contributed by atoms with Crippen molar-refractivity contribution in [3.63, 3.8) is 0 Å². The minimum atomic E-state index is 0.518. The van der Waals surface area contributed by atoms with Gasteiger partial charge < -0.3 is 5.32 Å².